The molecule has 170 valence electrons. The van der Waals surface area contributed by atoms with Gasteiger partial charge < -0.3 is 19.9 Å². The summed E-state index contributed by atoms with van der Waals surface area (Å²) in [6, 6.07) is 11.3. The first-order chi connectivity index (χ1) is 15.9. The van der Waals surface area contributed by atoms with Crippen LogP contribution in [-0.4, -0.2) is 73.0 Å². The van der Waals surface area contributed by atoms with E-state index in [2.05, 4.69) is 22.9 Å². The van der Waals surface area contributed by atoms with Crippen LogP contribution in [0, 0.1) is 11.3 Å². The third kappa shape index (κ3) is 6.76. The van der Waals surface area contributed by atoms with Crippen molar-refractivity contribution in [3.8, 4) is 6.07 Å². The lowest BCUT2D eigenvalue weighted by Crippen LogP contribution is -2.57. The molecule has 8 nitrogen and oxygen atoms in total. The number of amides is 2. The van der Waals surface area contributed by atoms with E-state index in [1.807, 2.05) is 36.4 Å². The van der Waals surface area contributed by atoms with Gasteiger partial charge in [-0.05, 0) is 43.4 Å². The van der Waals surface area contributed by atoms with Crippen LogP contribution in [-0.2, 0) is 14.3 Å². The fraction of sp³-hybridized carbons (Fsp3) is 0.280. The number of pyridine rings is 1. The molecule has 2 heterocycles. The molecule has 1 aromatic heterocycles. The van der Waals surface area contributed by atoms with Crippen molar-refractivity contribution >= 4 is 29.7 Å². The molecule has 0 bridgehead atoms. The second-order valence-corrected chi connectivity index (χ2v) is 8.01. The first kappa shape index (κ1) is 23.7. The van der Waals surface area contributed by atoms with Crippen molar-refractivity contribution in [1.82, 2.24) is 20.1 Å². The van der Waals surface area contributed by atoms with Gasteiger partial charge in [0.15, 0.2) is 0 Å². The maximum absolute atomic E-state index is 12.2. The van der Waals surface area contributed by atoms with E-state index in [4.69, 9.17) is 10.00 Å². The maximum atomic E-state index is 12.2. The third-order valence-electron chi connectivity index (χ3n) is 5.03. The molecule has 1 N–H and O–H groups in total. The highest BCUT2D eigenvalue weighted by Gasteiger charge is 2.32. The fourth-order valence-corrected chi connectivity index (χ4v) is 3.29. The smallest absolute Gasteiger partial charge is 0.242 e. The summed E-state index contributed by atoms with van der Waals surface area (Å²) in [5.41, 5.74) is 3.15. The predicted molar refractivity (Wildman–Crippen MR) is 126 cm³/mol. The van der Waals surface area contributed by atoms with Crippen LogP contribution in [0.4, 0.5) is 0 Å². The van der Waals surface area contributed by atoms with Crippen molar-refractivity contribution in [2.45, 2.75) is 6.10 Å². The highest BCUT2D eigenvalue weighted by atomic mass is 16.5. The Bertz CT molecular complexity index is 1100. The van der Waals surface area contributed by atoms with Gasteiger partial charge in [-0.25, -0.2) is 0 Å². The standard InChI is InChI=1S/C25H27N5O3/c1-18(33-22-15-30(16-22)25(32)14-28-24(31)17-29(2)3)23-13-27-10-9-21(23)8-7-19-5-4-6-20(11-19)12-26/h4-11,13,22H,1,14-17H2,2-3H3,(H,28,31)/b8-7+. The topological polar surface area (TPSA) is 98.6 Å². The van der Waals surface area contributed by atoms with Crippen molar-refractivity contribution in [3.63, 3.8) is 0 Å². The highest BCUT2D eigenvalue weighted by Crippen LogP contribution is 2.24. The fourth-order valence-electron chi connectivity index (χ4n) is 3.29. The van der Waals surface area contributed by atoms with Crippen LogP contribution in [0.3, 0.4) is 0 Å². The number of nitrogens with zero attached hydrogens (tertiary/aromatic N) is 4. The van der Waals surface area contributed by atoms with Crippen LogP contribution in [0.1, 0.15) is 22.3 Å². The van der Waals surface area contributed by atoms with E-state index in [0.29, 0.717) is 24.4 Å². The summed E-state index contributed by atoms with van der Waals surface area (Å²) in [6.07, 6.45) is 7.06. The van der Waals surface area contributed by atoms with Gasteiger partial charge in [0.2, 0.25) is 11.8 Å². The zero-order valence-electron chi connectivity index (χ0n) is 18.8. The molecule has 2 amide bonds. The summed E-state index contributed by atoms with van der Waals surface area (Å²) in [4.78, 5) is 31.5. The number of likely N-dealkylation sites (N-methyl/N-ethyl adjacent to an activating group) is 1. The number of benzene rings is 1. The molecule has 1 aliphatic rings. The van der Waals surface area contributed by atoms with Crippen molar-refractivity contribution < 1.29 is 14.3 Å². The monoisotopic (exact) mass is 445 g/mol. The number of likely N-dealkylation sites (tertiary alicyclic amines) is 1. The van der Waals surface area contributed by atoms with Crippen LogP contribution in [0.25, 0.3) is 17.9 Å². The molecule has 0 saturated carbocycles. The van der Waals surface area contributed by atoms with Crippen LogP contribution in [0.2, 0.25) is 0 Å². The minimum atomic E-state index is -0.188. The summed E-state index contributed by atoms with van der Waals surface area (Å²) in [6.45, 7) is 5.14. The van der Waals surface area contributed by atoms with Crippen LogP contribution >= 0.6 is 0 Å². The molecule has 0 unspecified atom stereocenters. The summed E-state index contributed by atoms with van der Waals surface area (Å²) < 4.78 is 5.96. The SMILES string of the molecule is C=C(OC1CN(C(=O)CNC(=O)CN(C)C)C1)c1cnccc1/C=C/c1cccc(C#N)c1. The van der Waals surface area contributed by atoms with Crippen molar-refractivity contribution in [3.05, 3.63) is 71.6 Å². The number of hydrogen-bond donors (Lipinski definition) is 1. The van der Waals surface area contributed by atoms with Gasteiger partial charge in [0.1, 0.15) is 11.9 Å². The lowest BCUT2D eigenvalue weighted by molar-refractivity contribution is -0.141. The number of carbonyl (C=O) groups is 2. The minimum Gasteiger partial charge on any atom is -0.487 e. The molecule has 1 saturated heterocycles. The Balaban J connectivity index is 1.53. The van der Waals surface area contributed by atoms with Crippen molar-refractivity contribution in [1.29, 1.82) is 5.26 Å². The van der Waals surface area contributed by atoms with E-state index >= 15 is 0 Å². The summed E-state index contributed by atoms with van der Waals surface area (Å²) >= 11 is 0. The molecule has 2 aromatic rings. The zero-order valence-corrected chi connectivity index (χ0v) is 18.8. The largest absolute Gasteiger partial charge is 0.487 e. The van der Waals surface area contributed by atoms with Crippen LogP contribution in [0.5, 0.6) is 0 Å². The van der Waals surface area contributed by atoms with Gasteiger partial charge in [0.25, 0.3) is 0 Å². The third-order valence-corrected chi connectivity index (χ3v) is 5.03. The molecule has 1 aliphatic heterocycles. The number of hydrogen-bond acceptors (Lipinski definition) is 6. The first-order valence-electron chi connectivity index (χ1n) is 10.5. The van der Waals surface area contributed by atoms with Gasteiger partial charge in [-0.3, -0.25) is 14.6 Å². The van der Waals surface area contributed by atoms with E-state index in [0.717, 1.165) is 16.7 Å². The molecule has 1 aromatic carbocycles. The molecule has 33 heavy (non-hydrogen) atoms. The van der Waals surface area contributed by atoms with Gasteiger partial charge in [-0.15, -0.1) is 0 Å². The lowest BCUT2D eigenvalue weighted by Gasteiger charge is -2.39. The average molecular weight is 446 g/mol. The number of carbonyl (C=O) groups excluding carboxylic acids is 2. The molecular formula is C25H27N5O3. The van der Waals surface area contributed by atoms with Crippen molar-refractivity contribution in [2.24, 2.45) is 0 Å². The van der Waals surface area contributed by atoms with Crippen LogP contribution < -0.4 is 5.32 Å². The first-order valence-corrected chi connectivity index (χ1v) is 10.5. The Morgan fingerprint density at radius 3 is 2.85 bits per heavy atom. The number of rotatable bonds is 9. The Kier molecular flexibility index (Phi) is 7.95. The Morgan fingerprint density at radius 2 is 2.12 bits per heavy atom. The molecule has 3 rings (SSSR count). The maximum Gasteiger partial charge on any atom is 0.242 e. The average Bonchev–Trinajstić information content (AvgIpc) is 2.78. The molecular weight excluding hydrogens is 418 g/mol. The van der Waals surface area contributed by atoms with Gasteiger partial charge in [0, 0.05) is 18.0 Å². The normalized spacial score (nSPS) is 13.5. The van der Waals surface area contributed by atoms with Gasteiger partial charge >= 0.3 is 0 Å². The minimum absolute atomic E-state index is 0.0229. The molecule has 8 heteroatoms. The Morgan fingerprint density at radius 1 is 1.33 bits per heavy atom. The van der Waals surface area contributed by atoms with E-state index in [1.54, 1.807) is 42.4 Å². The molecule has 0 radical (unpaired) electrons. The zero-order chi connectivity index (χ0) is 23.8. The van der Waals surface area contributed by atoms with Crippen molar-refractivity contribution in [2.75, 3.05) is 40.3 Å². The predicted octanol–water partition coefficient (Wildman–Crippen LogP) is 2.00. The van der Waals surface area contributed by atoms with E-state index in [-0.39, 0.29) is 31.0 Å². The highest BCUT2D eigenvalue weighted by molar-refractivity contribution is 5.86. The summed E-state index contributed by atoms with van der Waals surface area (Å²) in [5, 5.41) is 11.7. The summed E-state index contributed by atoms with van der Waals surface area (Å²) in [5.74, 6) is 0.147. The lowest BCUT2D eigenvalue weighted by atomic mass is 10.1. The molecule has 0 atom stereocenters. The van der Waals surface area contributed by atoms with Gasteiger partial charge in [-0.1, -0.05) is 30.9 Å². The van der Waals surface area contributed by atoms with E-state index < -0.39 is 0 Å². The molecule has 0 aliphatic carbocycles. The number of aromatic nitrogens is 1. The quantitative estimate of drug-likeness (QED) is 0.593. The van der Waals surface area contributed by atoms with E-state index in [1.165, 1.54) is 0 Å². The number of nitriles is 1. The Hall–Kier alpha value is -3.96. The number of nitrogens with one attached hydrogen (secondary N) is 1. The van der Waals surface area contributed by atoms with E-state index in [9.17, 15) is 9.59 Å². The Labute approximate surface area is 193 Å². The second kappa shape index (κ2) is 11.1. The van der Waals surface area contributed by atoms with Gasteiger partial charge in [-0.2, -0.15) is 5.26 Å². The summed E-state index contributed by atoms with van der Waals surface area (Å²) in [7, 11) is 3.59. The molecule has 1 fully saturated rings. The van der Waals surface area contributed by atoms with Gasteiger partial charge in [0.05, 0.1) is 37.8 Å². The number of ether oxygens (including phenoxy) is 1. The molecule has 0 spiro atoms. The second-order valence-electron chi connectivity index (χ2n) is 8.01. The van der Waals surface area contributed by atoms with Crippen LogP contribution in [0.15, 0.2) is 49.3 Å².